The molecule has 0 radical (unpaired) electrons. The van der Waals surface area contributed by atoms with Crippen molar-refractivity contribution in [3.05, 3.63) is 54.1 Å². The third kappa shape index (κ3) is 5.21. The number of benzene rings is 2. The molecule has 3 N–H and O–H groups in total. The SMILES string of the molecule is COc1ccccc1N1CCN(CCCCN(C(N)=O)c2cc3ccc(C#N)cc3[nH]2)CC1. The molecule has 0 atom stereocenters. The number of nitrogens with one attached hydrogen (secondary N) is 1. The van der Waals surface area contributed by atoms with Gasteiger partial charge in [-0.05, 0) is 49.7 Å². The molecule has 0 unspecified atom stereocenters. The van der Waals surface area contributed by atoms with Gasteiger partial charge < -0.3 is 20.4 Å². The summed E-state index contributed by atoms with van der Waals surface area (Å²) in [6.45, 7) is 5.47. The second-order valence-electron chi connectivity index (χ2n) is 8.27. The van der Waals surface area contributed by atoms with Crippen LogP contribution in [-0.2, 0) is 0 Å². The molecule has 2 amide bonds. The van der Waals surface area contributed by atoms with Gasteiger partial charge in [-0.15, -0.1) is 0 Å². The standard InChI is InChI=1S/C25H30N6O2/c1-33-23-7-3-2-6-22(23)30-14-12-29(13-15-30)10-4-5-11-31(25(27)32)24-17-20-9-8-19(18-26)16-21(20)28-24/h2-3,6-9,16-17,28H,4-5,10-15H2,1H3,(H2,27,32). The van der Waals surface area contributed by atoms with Crippen molar-refractivity contribution in [2.75, 3.05) is 56.2 Å². The van der Waals surface area contributed by atoms with Crippen LogP contribution in [0.4, 0.5) is 16.3 Å². The molecule has 3 aromatic rings. The van der Waals surface area contributed by atoms with Gasteiger partial charge in [-0.1, -0.05) is 18.2 Å². The molecule has 4 rings (SSSR count). The van der Waals surface area contributed by atoms with E-state index in [-0.39, 0.29) is 0 Å². The van der Waals surface area contributed by atoms with E-state index in [1.54, 1.807) is 24.1 Å². The first-order valence-electron chi connectivity index (χ1n) is 11.3. The topological polar surface area (TPSA) is 102 Å². The van der Waals surface area contributed by atoms with Crippen molar-refractivity contribution < 1.29 is 9.53 Å². The Bertz CT molecular complexity index is 1140. The molecule has 2 heterocycles. The van der Waals surface area contributed by atoms with Crippen LogP contribution in [0.25, 0.3) is 10.9 Å². The molecular formula is C25H30N6O2. The molecule has 0 bridgehead atoms. The number of carbonyl (C=O) groups excluding carboxylic acids is 1. The fraction of sp³-hybridized carbons (Fsp3) is 0.360. The highest BCUT2D eigenvalue weighted by molar-refractivity contribution is 5.94. The van der Waals surface area contributed by atoms with E-state index < -0.39 is 6.03 Å². The quantitative estimate of drug-likeness (QED) is 0.516. The number of unbranched alkanes of at least 4 members (excludes halogenated alkanes) is 1. The molecular weight excluding hydrogens is 416 g/mol. The van der Waals surface area contributed by atoms with Crippen LogP contribution in [0.1, 0.15) is 18.4 Å². The van der Waals surface area contributed by atoms with Gasteiger partial charge in [0.05, 0.1) is 24.4 Å². The number of anilines is 2. The Morgan fingerprint density at radius 3 is 2.67 bits per heavy atom. The van der Waals surface area contributed by atoms with E-state index in [1.165, 1.54) is 0 Å². The number of nitrogens with zero attached hydrogens (tertiary/aromatic N) is 4. The molecule has 0 saturated carbocycles. The van der Waals surface area contributed by atoms with Crippen LogP contribution < -0.4 is 20.3 Å². The number of methoxy groups -OCH3 is 1. The summed E-state index contributed by atoms with van der Waals surface area (Å²) in [5.74, 6) is 1.58. The minimum atomic E-state index is -0.479. The first kappa shape index (κ1) is 22.5. The van der Waals surface area contributed by atoms with Crippen LogP contribution in [0.15, 0.2) is 48.5 Å². The predicted octanol–water partition coefficient (Wildman–Crippen LogP) is 3.54. The van der Waals surface area contributed by atoms with E-state index in [1.807, 2.05) is 30.3 Å². The number of urea groups is 1. The van der Waals surface area contributed by atoms with Gasteiger partial charge in [0.25, 0.3) is 0 Å². The summed E-state index contributed by atoms with van der Waals surface area (Å²) in [7, 11) is 1.71. The van der Waals surface area contributed by atoms with Crippen LogP contribution in [0.2, 0.25) is 0 Å². The van der Waals surface area contributed by atoms with Crippen molar-refractivity contribution >= 4 is 28.4 Å². The lowest BCUT2D eigenvalue weighted by atomic mass is 10.2. The van der Waals surface area contributed by atoms with E-state index >= 15 is 0 Å². The van der Waals surface area contributed by atoms with Crippen molar-refractivity contribution in [1.82, 2.24) is 9.88 Å². The van der Waals surface area contributed by atoms with Gasteiger partial charge in [0, 0.05) is 43.6 Å². The average molecular weight is 447 g/mol. The van der Waals surface area contributed by atoms with Gasteiger partial charge in [-0.2, -0.15) is 5.26 Å². The Morgan fingerprint density at radius 2 is 1.94 bits per heavy atom. The summed E-state index contributed by atoms with van der Waals surface area (Å²) in [4.78, 5) is 21.7. The second-order valence-corrected chi connectivity index (χ2v) is 8.27. The zero-order chi connectivity index (χ0) is 23.2. The first-order valence-corrected chi connectivity index (χ1v) is 11.3. The van der Waals surface area contributed by atoms with Crippen molar-refractivity contribution in [1.29, 1.82) is 5.26 Å². The first-order chi connectivity index (χ1) is 16.1. The summed E-state index contributed by atoms with van der Waals surface area (Å²) in [5.41, 5.74) is 8.20. The highest BCUT2D eigenvalue weighted by atomic mass is 16.5. The van der Waals surface area contributed by atoms with Crippen LogP contribution in [0.5, 0.6) is 5.75 Å². The fourth-order valence-electron chi connectivity index (χ4n) is 4.38. The molecule has 0 spiro atoms. The van der Waals surface area contributed by atoms with Gasteiger partial charge in [0.2, 0.25) is 0 Å². The van der Waals surface area contributed by atoms with Crippen molar-refractivity contribution in [3.63, 3.8) is 0 Å². The fourth-order valence-corrected chi connectivity index (χ4v) is 4.38. The zero-order valence-electron chi connectivity index (χ0n) is 19.0. The zero-order valence-corrected chi connectivity index (χ0v) is 19.0. The number of rotatable bonds is 8. The molecule has 33 heavy (non-hydrogen) atoms. The van der Waals surface area contributed by atoms with Gasteiger partial charge in [0.15, 0.2) is 0 Å². The minimum Gasteiger partial charge on any atom is -0.495 e. The molecule has 8 nitrogen and oxygen atoms in total. The number of amides is 2. The summed E-state index contributed by atoms with van der Waals surface area (Å²) in [5, 5.41) is 10.0. The Kier molecular flexibility index (Phi) is 7.01. The predicted molar refractivity (Wildman–Crippen MR) is 131 cm³/mol. The number of H-pyrrole nitrogens is 1. The molecule has 1 aromatic heterocycles. The van der Waals surface area contributed by atoms with Crippen LogP contribution in [0.3, 0.4) is 0 Å². The van der Waals surface area contributed by atoms with E-state index in [9.17, 15) is 4.79 Å². The van der Waals surface area contributed by atoms with Gasteiger partial charge in [-0.3, -0.25) is 9.80 Å². The third-order valence-corrected chi connectivity index (χ3v) is 6.20. The molecule has 1 aliphatic heterocycles. The van der Waals surface area contributed by atoms with Gasteiger partial charge in [-0.25, -0.2) is 4.79 Å². The Morgan fingerprint density at radius 1 is 1.15 bits per heavy atom. The molecule has 0 aliphatic carbocycles. The molecule has 1 saturated heterocycles. The number of nitriles is 1. The third-order valence-electron chi connectivity index (χ3n) is 6.20. The smallest absolute Gasteiger partial charge is 0.320 e. The number of aromatic amines is 1. The molecule has 2 aromatic carbocycles. The number of hydrogen-bond donors (Lipinski definition) is 2. The number of hydrogen-bond acceptors (Lipinski definition) is 5. The summed E-state index contributed by atoms with van der Waals surface area (Å²) < 4.78 is 5.50. The number of aromatic nitrogens is 1. The minimum absolute atomic E-state index is 0.479. The highest BCUT2D eigenvalue weighted by Gasteiger charge is 2.20. The Labute approximate surface area is 194 Å². The lowest BCUT2D eigenvalue weighted by molar-refractivity contribution is 0.248. The summed E-state index contributed by atoms with van der Waals surface area (Å²) in [6.07, 6.45) is 1.84. The van der Waals surface area contributed by atoms with Crippen LogP contribution >= 0.6 is 0 Å². The van der Waals surface area contributed by atoms with Crippen molar-refractivity contribution in [2.45, 2.75) is 12.8 Å². The number of nitrogens with two attached hydrogens (primary N) is 1. The number of fused-ring (bicyclic) bond motifs is 1. The van der Waals surface area contributed by atoms with Gasteiger partial charge >= 0.3 is 6.03 Å². The number of primary amides is 1. The maximum Gasteiger partial charge on any atom is 0.320 e. The largest absolute Gasteiger partial charge is 0.495 e. The monoisotopic (exact) mass is 446 g/mol. The lowest BCUT2D eigenvalue weighted by Crippen LogP contribution is -2.46. The van der Waals surface area contributed by atoms with E-state index in [0.717, 1.165) is 67.9 Å². The van der Waals surface area contributed by atoms with Crippen molar-refractivity contribution in [3.8, 4) is 11.8 Å². The molecule has 1 aliphatic rings. The summed E-state index contributed by atoms with van der Waals surface area (Å²) in [6, 6.07) is 17.1. The maximum absolute atomic E-state index is 12.1. The highest BCUT2D eigenvalue weighted by Crippen LogP contribution is 2.28. The normalized spacial score (nSPS) is 14.2. The Hall–Kier alpha value is -3.70. The molecule has 172 valence electrons. The lowest BCUT2D eigenvalue weighted by Gasteiger charge is -2.36. The molecule has 8 heteroatoms. The second kappa shape index (κ2) is 10.3. The number of ether oxygens (including phenoxy) is 1. The maximum atomic E-state index is 12.1. The van der Waals surface area contributed by atoms with E-state index in [2.05, 4.69) is 26.9 Å². The number of para-hydroxylation sites is 2. The van der Waals surface area contributed by atoms with Crippen molar-refractivity contribution in [2.24, 2.45) is 5.73 Å². The van der Waals surface area contributed by atoms with E-state index in [0.29, 0.717) is 17.9 Å². The Balaban J connectivity index is 1.27. The average Bonchev–Trinajstić information content (AvgIpc) is 3.26. The molecule has 1 fully saturated rings. The number of carbonyl (C=O) groups is 1. The summed E-state index contributed by atoms with van der Waals surface area (Å²) >= 11 is 0. The van der Waals surface area contributed by atoms with Crippen LogP contribution in [-0.4, -0.2) is 62.3 Å². The number of piperazine rings is 1. The van der Waals surface area contributed by atoms with E-state index in [4.69, 9.17) is 15.7 Å². The van der Waals surface area contributed by atoms with Crippen LogP contribution in [0, 0.1) is 11.3 Å². The van der Waals surface area contributed by atoms with Gasteiger partial charge in [0.1, 0.15) is 11.6 Å².